The van der Waals surface area contributed by atoms with Crippen LogP contribution in [-0.2, 0) is 6.54 Å². The van der Waals surface area contributed by atoms with Crippen molar-refractivity contribution in [3.05, 3.63) is 29.6 Å². The van der Waals surface area contributed by atoms with E-state index < -0.39 is 0 Å². The molecule has 2 aliphatic rings. The van der Waals surface area contributed by atoms with Gasteiger partial charge in [-0.25, -0.2) is 4.98 Å². The summed E-state index contributed by atoms with van der Waals surface area (Å²) in [5.74, 6) is 0. The zero-order chi connectivity index (χ0) is 13.8. The van der Waals surface area contributed by atoms with Gasteiger partial charge in [0.15, 0.2) is 0 Å². The largest absolute Gasteiger partial charge is 0.313 e. The van der Waals surface area contributed by atoms with E-state index in [1.807, 2.05) is 12.1 Å². The minimum Gasteiger partial charge on any atom is -0.313 e. The van der Waals surface area contributed by atoms with Crippen molar-refractivity contribution in [3.8, 4) is 6.07 Å². The van der Waals surface area contributed by atoms with Crippen molar-refractivity contribution in [2.45, 2.75) is 50.7 Å². The highest BCUT2D eigenvalue weighted by Crippen LogP contribution is 2.29. The minimum atomic E-state index is 0.522. The van der Waals surface area contributed by atoms with Gasteiger partial charge in [0.1, 0.15) is 11.8 Å². The molecule has 1 atom stereocenters. The highest BCUT2D eigenvalue weighted by Gasteiger charge is 2.30. The van der Waals surface area contributed by atoms with Crippen molar-refractivity contribution in [3.63, 3.8) is 0 Å². The molecule has 2 heterocycles. The maximum atomic E-state index is 8.94. The van der Waals surface area contributed by atoms with Gasteiger partial charge in [0, 0.05) is 31.4 Å². The number of rotatable bonds is 5. The second-order valence-corrected chi connectivity index (χ2v) is 5.97. The first kappa shape index (κ1) is 13.5. The van der Waals surface area contributed by atoms with Crippen LogP contribution in [0.4, 0.5) is 0 Å². The number of hydrogen-bond acceptors (Lipinski definition) is 4. The predicted molar refractivity (Wildman–Crippen MR) is 78.0 cm³/mol. The second-order valence-electron chi connectivity index (χ2n) is 5.97. The average Bonchev–Trinajstić information content (AvgIpc) is 3.33. The van der Waals surface area contributed by atoms with Crippen LogP contribution in [0.2, 0.25) is 0 Å². The van der Waals surface area contributed by atoms with Gasteiger partial charge >= 0.3 is 0 Å². The van der Waals surface area contributed by atoms with E-state index in [4.69, 9.17) is 5.26 Å². The van der Waals surface area contributed by atoms with Crippen LogP contribution in [0.25, 0.3) is 0 Å². The molecule has 1 aliphatic heterocycles. The minimum absolute atomic E-state index is 0.522. The van der Waals surface area contributed by atoms with Crippen LogP contribution < -0.4 is 5.32 Å². The molecule has 0 amide bonds. The summed E-state index contributed by atoms with van der Waals surface area (Å²) in [6.45, 7) is 3.24. The summed E-state index contributed by atoms with van der Waals surface area (Å²) in [4.78, 5) is 6.63. The van der Waals surface area contributed by atoms with Crippen LogP contribution in [0, 0.1) is 11.3 Å². The van der Waals surface area contributed by atoms with Gasteiger partial charge in [-0.05, 0) is 49.9 Å². The molecule has 106 valence electrons. The fraction of sp³-hybridized carbons (Fsp3) is 0.625. The molecule has 4 nitrogen and oxygen atoms in total. The van der Waals surface area contributed by atoms with Crippen LogP contribution in [0.3, 0.4) is 0 Å². The molecular weight excluding hydrogens is 248 g/mol. The first-order valence-electron chi connectivity index (χ1n) is 7.67. The Morgan fingerprint density at radius 1 is 1.35 bits per heavy atom. The summed E-state index contributed by atoms with van der Waals surface area (Å²) in [6.07, 6.45) is 8.35. The normalized spacial score (nSPS) is 22.7. The molecule has 1 aromatic rings. The average molecular weight is 270 g/mol. The van der Waals surface area contributed by atoms with E-state index in [-0.39, 0.29) is 0 Å². The van der Waals surface area contributed by atoms with Crippen molar-refractivity contribution in [2.75, 3.05) is 13.1 Å². The maximum absolute atomic E-state index is 8.94. The summed E-state index contributed by atoms with van der Waals surface area (Å²) < 4.78 is 0. The molecule has 4 heteroatoms. The Morgan fingerprint density at radius 3 is 2.95 bits per heavy atom. The molecule has 3 rings (SSSR count). The zero-order valence-electron chi connectivity index (χ0n) is 11.9. The van der Waals surface area contributed by atoms with Crippen LogP contribution in [0.5, 0.6) is 0 Å². The third-order valence-electron chi connectivity index (χ3n) is 4.26. The van der Waals surface area contributed by atoms with Crippen LogP contribution in [-0.4, -0.2) is 35.1 Å². The van der Waals surface area contributed by atoms with E-state index in [2.05, 4.69) is 21.3 Å². The number of nitrogens with one attached hydrogen (secondary N) is 1. The molecule has 0 radical (unpaired) electrons. The quantitative estimate of drug-likeness (QED) is 0.890. The highest BCUT2D eigenvalue weighted by molar-refractivity contribution is 5.25. The highest BCUT2D eigenvalue weighted by atomic mass is 15.2. The monoisotopic (exact) mass is 270 g/mol. The molecule has 0 spiro atoms. The first-order chi connectivity index (χ1) is 9.85. The van der Waals surface area contributed by atoms with Crippen molar-refractivity contribution < 1.29 is 0 Å². The van der Waals surface area contributed by atoms with E-state index in [1.54, 1.807) is 6.20 Å². The lowest BCUT2D eigenvalue weighted by molar-refractivity contribution is 0.208. The van der Waals surface area contributed by atoms with E-state index in [0.29, 0.717) is 11.7 Å². The standard InChI is InChI=1S/C16H22N4/c17-10-15-9-13(6-8-19-15)11-20(16-4-5-16)12-14-3-1-2-7-18-14/h6,8-9,14,16,18H,1-5,7,11-12H2. The van der Waals surface area contributed by atoms with Crippen LogP contribution in [0.15, 0.2) is 18.3 Å². The molecule has 20 heavy (non-hydrogen) atoms. The van der Waals surface area contributed by atoms with Gasteiger partial charge in [-0.1, -0.05) is 6.42 Å². The van der Waals surface area contributed by atoms with E-state index in [1.165, 1.54) is 37.7 Å². The molecule has 1 saturated heterocycles. The number of pyridine rings is 1. The van der Waals surface area contributed by atoms with Gasteiger partial charge in [0.25, 0.3) is 0 Å². The van der Waals surface area contributed by atoms with Crippen molar-refractivity contribution in [1.29, 1.82) is 5.26 Å². The number of hydrogen-bond donors (Lipinski definition) is 1. The van der Waals surface area contributed by atoms with Crippen molar-refractivity contribution in [2.24, 2.45) is 0 Å². The Balaban J connectivity index is 1.63. The SMILES string of the molecule is N#Cc1cc(CN(CC2CCCCN2)C2CC2)ccn1. The molecule has 1 aromatic heterocycles. The predicted octanol–water partition coefficient (Wildman–Crippen LogP) is 2.06. The molecule has 1 aliphatic carbocycles. The van der Waals surface area contributed by atoms with Gasteiger partial charge in [-0.15, -0.1) is 0 Å². The smallest absolute Gasteiger partial charge is 0.140 e. The summed E-state index contributed by atoms with van der Waals surface area (Å²) >= 11 is 0. The van der Waals surface area contributed by atoms with Crippen molar-refractivity contribution >= 4 is 0 Å². The summed E-state index contributed by atoms with van der Waals surface area (Å²) in [7, 11) is 0. The molecule has 2 fully saturated rings. The molecule has 1 saturated carbocycles. The number of nitrogens with zero attached hydrogens (tertiary/aromatic N) is 3. The van der Waals surface area contributed by atoms with E-state index in [0.717, 1.165) is 25.7 Å². The number of aromatic nitrogens is 1. The summed E-state index contributed by atoms with van der Waals surface area (Å²) in [5.41, 5.74) is 1.73. The van der Waals surface area contributed by atoms with Gasteiger partial charge in [-0.3, -0.25) is 4.90 Å². The van der Waals surface area contributed by atoms with Gasteiger partial charge < -0.3 is 5.32 Å². The maximum Gasteiger partial charge on any atom is 0.140 e. The van der Waals surface area contributed by atoms with Gasteiger partial charge in [0.2, 0.25) is 0 Å². The third-order valence-corrected chi connectivity index (χ3v) is 4.26. The number of piperidine rings is 1. The van der Waals surface area contributed by atoms with Crippen molar-refractivity contribution in [1.82, 2.24) is 15.2 Å². The zero-order valence-corrected chi connectivity index (χ0v) is 11.9. The lowest BCUT2D eigenvalue weighted by Gasteiger charge is -2.30. The molecular formula is C16H22N4. The molecule has 1 N–H and O–H groups in total. The Bertz CT molecular complexity index is 483. The van der Waals surface area contributed by atoms with Crippen LogP contribution in [0.1, 0.15) is 43.4 Å². The fourth-order valence-electron chi connectivity index (χ4n) is 3.01. The Labute approximate surface area is 120 Å². The molecule has 1 unspecified atom stereocenters. The van der Waals surface area contributed by atoms with Gasteiger partial charge in [0.05, 0.1) is 0 Å². The van der Waals surface area contributed by atoms with Gasteiger partial charge in [-0.2, -0.15) is 5.26 Å². The fourth-order valence-corrected chi connectivity index (χ4v) is 3.01. The van der Waals surface area contributed by atoms with E-state index in [9.17, 15) is 0 Å². The Kier molecular flexibility index (Phi) is 4.29. The third kappa shape index (κ3) is 3.56. The van der Waals surface area contributed by atoms with Crippen LogP contribution >= 0.6 is 0 Å². The van der Waals surface area contributed by atoms with E-state index >= 15 is 0 Å². The Hall–Kier alpha value is -1.44. The summed E-state index contributed by atoms with van der Waals surface area (Å²) in [6, 6.07) is 7.47. The topological polar surface area (TPSA) is 52.0 Å². The first-order valence-corrected chi connectivity index (χ1v) is 7.67. The second kappa shape index (κ2) is 6.34. The molecule has 0 aromatic carbocycles. The lowest BCUT2D eigenvalue weighted by atomic mass is 10.0. The molecule has 0 bridgehead atoms. The Morgan fingerprint density at radius 2 is 2.25 bits per heavy atom. The summed E-state index contributed by atoms with van der Waals surface area (Å²) in [5, 5.41) is 12.6. The number of nitriles is 1. The lowest BCUT2D eigenvalue weighted by Crippen LogP contribution is -2.44.